The minimum Gasteiger partial charge on any atom is -0.493 e. The van der Waals surface area contributed by atoms with Gasteiger partial charge in [-0.1, -0.05) is 13.0 Å². The van der Waals surface area contributed by atoms with E-state index in [0.29, 0.717) is 42.5 Å². The monoisotopic (exact) mass is 344 g/mol. The summed E-state index contributed by atoms with van der Waals surface area (Å²) < 4.78 is 16.0. The van der Waals surface area contributed by atoms with Crippen molar-refractivity contribution in [1.29, 1.82) is 0 Å². The SMILES string of the molecule is CCCOc1ncccc1C(=O)NCCc1ccc(OC)c(OC)c1. The molecule has 134 valence electrons. The van der Waals surface area contributed by atoms with E-state index in [1.165, 1.54) is 0 Å². The lowest BCUT2D eigenvalue weighted by Gasteiger charge is -2.11. The van der Waals surface area contributed by atoms with Gasteiger partial charge < -0.3 is 19.5 Å². The van der Waals surface area contributed by atoms with Crippen LogP contribution in [0.3, 0.4) is 0 Å². The van der Waals surface area contributed by atoms with Crippen molar-refractivity contribution in [1.82, 2.24) is 10.3 Å². The largest absolute Gasteiger partial charge is 0.493 e. The molecule has 6 heteroatoms. The Labute approximate surface area is 148 Å². The fraction of sp³-hybridized carbons (Fsp3) is 0.368. The number of benzene rings is 1. The van der Waals surface area contributed by atoms with Crippen LogP contribution in [-0.4, -0.2) is 38.3 Å². The summed E-state index contributed by atoms with van der Waals surface area (Å²) >= 11 is 0. The normalized spacial score (nSPS) is 10.2. The van der Waals surface area contributed by atoms with Gasteiger partial charge in [0.25, 0.3) is 5.91 Å². The highest BCUT2D eigenvalue weighted by molar-refractivity contribution is 5.96. The van der Waals surface area contributed by atoms with E-state index in [-0.39, 0.29) is 5.91 Å². The van der Waals surface area contributed by atoms with E-state index in [4.69, 9.17) is 14.2 Å². The number of rotatable bonds is 9. The first-order valence-electron chi connectivity index (χ1n) is 8.26. The summed E-state index contributed by atoms with van der Waals surface area (Å²) in [4.78, 5) is 16.5. The first-order chi connectivity index (χ1) is 12.2. The van der Waals surface area contributed by atoms with Gasteiger partial charge in [0.2, 0.25) is 5.88 Å². The fourth-order valence-electron chi connectivity index (χ4n) is 2.33. The number of amides is 1. The Morgan fingerprint density at radius 1 is 1.16 bits per heavy atom. The van der Waals surface area contributed by atoms with Crippen molar-refractivity contribution >= 4 is 5.91 Å². The van der Waals surface area contributed by atoms with Gasteiger partial charge >= 0.3 is 0 Å². The predicted molar refractivity (Wildman–Crippen MR) is 95.6 cm³/mol. The summed E-state index contributed by atoms with van der Waals surface area (Å²) in [5.74, 6) is 1.53. The highest BCUT2D eigenvalue weighted by atomic mass is 16.5. The molecule has 2 aromatic rings. The Bertz CT molecular complexity index is 704. The third-order valence-corrected chi connectivity index (χ3v) is 3.61. The van der Waals surface area contributed by atoms with Gasteiger partial charge in [0.15, 0.2) is 11.5 Å². The molecule has 1 N–H and O–H groups in total. The lowest BCUT2D eigenvalue weighted by Crippen LogP contribution is -2.26. The van der Waals surface area contributed by atoms with Crippen LogP contribution < -0.4 is 19.5 Å². The molecule has 1 heterocycles. The van der Waals surface area contributed by atoms with Crippen molar-refractivity contribution < 1.29 is 19.0 Å². The number of pyridine rings is 1. The molecule has 6 nitrogen and oxygen atoms in total. The van der Waals surface area contributed by atoms with Gasteiger partial charge in [-0.15, -0.1) is 0 Å². The molecule has 0 saturated heterocycles. The minimum atomic E-state index is -0.195. The van der Waals surface area contributed by atoms with Crippen LogP contribution in [0.15, 0.2) is 36.5 Å². The molecular weight excluding hydrogens is 320 g/mol. The van der Waals surface area contributed by atoms with Crippen LogP contribution in [0, 0.1) is 0 Å². The number of aromatic nitrogens is 1. The van der Waals surface area contributed by atoms with Crippen LogP contribution in [0.1, 0.15) is 29.3 Å². The van der Waals surface area contributed by atoms with Crippen molar-refractivity contribution in [3.05, 3.63) is 47.7 Å². The van der Waals surface area contributed by atoms with Crippen molar-refractivity contribution in [2.75, 3.05) is 27.4 Å². The Morgan fingerprint density at radius 3 is 2.68 bits per heavy atom. The average Bonchev–Trinajstić information content (AvgIpc) is 2.66. The van der Waals surface area contributed by atoms with Crippen LogP contribution in [0.5, 0.6) is 17.4 Å². The summed E-state index contributed by atoms with van der Waals surface area (Å²) in [6.45, 7) is 3.03. The molecule has 0 radical (unpaired) electrons. The van der Waals surface area contributed by atoms with Crippen LogP contribution in [0.25, 0.3) is 0 Å². The van der Waals surface area contributed by atoms with Crippen LogP contribution in [0.2, 0.25) is 0 Å². The standard InChI is InChI=1S/C19H24N2O4/c1-4-12-25-19-15(6-5-10-21-19)18(22)20-11-9-14-7-8-16(23-2)17(13-14)24-3/h5-8,10,13H,4,9,11-12H2,1-3H3,(H,20,22). The average molecular weight is 344 g/mol. The molecule has 2 rings (SSSR count). The van der Waals surface area contributed by atoms with E-state index in [1.807, 2.05) is 25.1 Å². The number of hydrogen-bond donors (Lipinski definition) is 1. The molecule has 0 bridgehead atoms. The third-order valence-electron chi connectivity index (χ3n) is 3.61. The Kier molecular flexibility index (Phi) is 7.07. The maximum Gasteiger partial charge on any atom is 0.256 e. The molecule has 0 unspecified atom stereocenters. The van der Waals surface area contributed by atoms with Gasteiger partial charge in [0, 0.05) is 12.7 Å². The van der Waals surface area contributed by atoms with Crippen LogP contribution in [0.4, 0.5) is 0 Å². The molecule has 0 aliphatic rings. The van der Waals surface area contributed by atoms with E-state index in [2.05, 4.69) is 10.3 Å². The lowest BCUT2D eigenvalue weighted by atomic mass is 10.1. The molecule has 0 fully saturated rings. The molecule has 0 aliphatic carbocycles. The molecular formula is C19H24N2O4. The molecule has 0 atom stereocenters. The van der Waals surface area contributed by atoms with Gasteiger partial charge in [-0.05, 0) is 42.7 Å². The Hall–Kier alpha value is -2.76. The number of carbonyl (C=O) groups is 1. The molecule has 0 saturated carbocycles. The van der Waals surface area contributed by atoms with Gasteiger partial charge in [0.1, 0.15) is 5.56 Å². The highest BCUT2D eigenvalue weighted by Crippen LogP contribution is 2.27. The zero-order chi connectivity index (χ0) is 18.1. The predicted octanol–water partition coefficient (Wildman–Crippen LogP) is 2.86. The number of methoxy groups -OCH3 is 2. The number of carbonyl (C=O) groups excluding carboxylic acids is 1. The van der Waals surface area contributed by atoms with Crippen LogP contribution >= 0.6 is 0 Å². The molecule has 0 spiro atoms. The zero-order valence-electron chi connectivity index (χ0n) is 14.9. The second kappa shape index (κ2) is 9.52. The topological polar surface area (TPSA) is 69.7 Å². The van der Waals surface area contributed by atoms with E-state index < -0.39 is 0 Å². The number of nitrogens with zero attached hydrogens (tertiary/aromatic N) is 1. The van der Waals surface area contributed by atoms with Gasteiger partial charge in [-0.3, -0.25) is 4.79 Å². The lowest BCUT2D eigenvalue weighted by molar-refractivity contribution is 0.0949. The van der Waals surface area contributed by atoms with E-state index in [9.17, 15) is 4.79 Å². The molecule has 1 amide bonds. The molecule has 1 aromatic heterocycles. The minimum absolute atomic E-state index is 0.195. The summed E-state index contributed by atoms with van der Waals surface area (Å²) in [5, 5.41) is 2.90. The molecule has 0 aliphatic heterocycles. The molecule has 1 aromatic carbocycles. The zero-order valence-corrected chi connectivity index (χ0v) is 14.9. The first kappa shape index (κ1) is 18.6. The van der Waals surface area contributed by atoms with Crippen molar-refractivity contribution in [2.24, 2.45) is 0 Å². The second-order valence-corrected chi connectivity index (χ2v) is 5.40. The van der Waals surface area contributed by atoms with Crippen LogP contribution in [-0.2, 0) is 6.42 Å². The quantitative estimate of drug-likeness (QED) is 0.757. The Morgan fingerprint density at radius 2 is 1.96 bits per heavy atom. The van der Waals surface area contributed by atoms with E-state index in [1.54, 1.807) is 32.5 Å². The third kappa shape index (κ3) is 5.11. The Balaban J connectivity index is 1.95. The number of nitrogens with one attached hydrogen (secondary N) is 1. The van der Waals surface area contributed by atoms with Gasteiger partial charge in [-0.2, -0.15) is 0 Å². The van der Waals surface area contributed by atoms with Crippen molar-refractivity contribution in [3.8, 4) is 17.4 Å². The summed E-state index contributed by atoms with van der Waals surface area (Å²) in [6, 6.07) is 9.15. The summed E-state index contributed by atoms with van der Waals surface area (Å²) in [6.07, 6.45) is 3.15. The fourth-order valence-corrected chi connectivity index (χ4v) is 2.33. The van der Waals surface area contributed by atoms with Crippen molar-refractivity contribution in [2.45, 2.75) is 19.8 Å². The van der Waals surface area contributed by atoms with Gasteiger partial charge in [0.05, 0.1) is 20.8 Å². The number of hydrogen-bond acceptors (Lipinski definition) is 5. The van der Waals surface area contributed by atoms with E-state index in [0.717, 1.165) is 12.0 Å². The van der Waals surface area contributed by atoms with Crippen molar-refractivity contribution in [3.63, 3.8) is 0 Å². The second-order valence-electron chi connectivity index (χ2n) is 5.40. The summed E-state index contributed by atoms with van der Waals surface area (Å²) in [7, 11) is 3.20. The first-order valence-corrected chi connectivity index (χ1v) is 8.26. The number of ether oxygens (including phenoxy) is 3. The smallest absolute Gasteiger partial charge is 0.256 e. The summed E-state index contributed by atoms with van der Waals surface area (Å²) in [5.41, 5.74) is 1.50. The maximum atomic E-state index is 12.4. The van der Waals surface area contributed by atoms with Gasteiger partial charge in [-0.25, -0.2) is 4.98 Å². The molecule has 25 heavy (non-hydrogen) atoms. The highest BCUT2D eigenvalue weighted by Gasteiger charge is 2.13. The van der Waals surface area contributed by atoms with E-state index >= 15 is 0 Å². The maximum absolute atomic E-state index is 12.4.